The van der Waals surface area contributed by atoms with Gasteiger partial charge in [0.2, 0.25) is 11.4 Å². The number of hydrogen-bond acceptors (Lipinski definition) is 0. The highest BCUT2D eigenvalue weighted by atomic mass is 19.1. The summed E-state index contributed by atoms with van der Waals surface area (Å²) in [6, 6.07) is 42.6. The van der Waals surface area contributed by atoms with E-state index in [1.54, 1.807) is 0 Å². The number of benzene rings is 4. The molecule has 1 nitrogen and oxygen atoms in total. The first-order chi connectivity index (χ1) is 15.8. The van der Waals surface area contributed by atoms with Crippen LogP contribution in [0, 0.1) is 5.82 Å². The van der Waals surface area contributed by atoms with Gasteiger partial charge in [-0.15, -0.1) is 0 Å². The van der Waals surface area contributed by atoms with Crippen molar-refractivity contribution in [1.82, 2.24) is 0 Å². The van der Waals surface area contributed by atoms with Crippen molar-refractivity contribution < 1.29 is 8.96 Å². The highest BCUT2D eigenvalue weighted by molar-refractivity contribution is 5.73. The van der Waals surface area contributed by atoms with E-state index in [0.717, 1.165) is 28.1 Å². The number of halogens is 1. The molecular formula is C30H23FN+. The highest BCUT2D eigenvalue weighted by Crippen LogP contribution is 2.29. The van der Waals surface area contributed by atoms with Crippen LogP contribution in [0.1, 0.15) is 5.56 Å². The van der Waals surface area contributed by atoms with Crippen molar-refractivity contribution in [3.8, 4) is 33.6 Å². The fraction of sp³-hybridized carbons (Fsp3) is 0.0333. The van der Waals surface area contributed by atoms with Gasteiger partial charge >= 0.3 is 0 Å². The lowest BCUT2D eigenvalue weighted by Crippen LogP contribution is -2.39. The molecule has 0 N–H and O–H groups in total. The van der Waals surface area contributed by atoms with E-state index < -0.39 is 0 Å². The minimum atomic E-state index is -0.218. The van der Waals surface area contributed by atoms with Crippen LogP contribution in [0.25, 0.3) is 33.6 Å². The number of rotatable bonds is 5. The molecule has 0 aliphatic carbocycles. The Morgan fingerprint density at radius 3 is 1.38 bits per heavy atom. The van der Waals surface area contributed by atoms with E-state index in [-0.39, 0.29) is 5.82 Å². The summed E-state index contributed by atoms with van der Waals surface area (Å²) in [6.07, 6.45) is 0. The maximum absolute atomic E-state index is 13.5. The third-order valence-electron chi connectivity index (χ3n) is 5.67. The molecule has 0 unspecified atom stereocenters. The molecule has 0 saturated carbocycles. The van der Waals surface area contributed by atoms with Crippen LogP contribution in [-0.2, 0) is 6.54 Å². The van der Waals surface area contributed by atoms with Gasteiger partial charge in [-0.05, 0) is 59.7 Å². The molecule has 0 fully saturated rings. The second kappa shape index (κ2) is 8.99. The van der Waals surface area contributed by atoms with Gasteiger partial charge < -0.3 is 0 Å². The summed E-state index contributed by atoms with van der Waals surface area (Å²) >= 11 is 0. The maximum Gasteiger partial charge on any atom is 0.213 e. The summed E-state index contributed by atoms with van der Waals surface area (Å²) < 4.78 is 15.9. The molecule has 32 heavy (non-hydrogen) atoms. The predicted molar refractivity (Wildman–Crippen MR) is 128 cm³/mol. The molecule has 2 heteroatoms. The van der Waals surface area contributed by atoms with E-state index in [9.17, 15) is 4.39 Å². The second-order valence-electron chi connectivity index (χ2n) is 7.83. The molecule has 5 aromatic rings. The Labute approximate surface area is 188 Å². The zero-order valence-electron chi connectivity index (χ0n) is 17.7. The largest absolute Gasteiger partial charge is 0.213 e. The Balaban J connectivity index is 1.78. The van der Waals surface area contributed by atoms with Crippen LogP contribution in [0.5, 0.6) is 0 Å². The Morgan fingerprint density at radius 1 is 0.469 bits per heavy atom. The lowest BCUT2D eigenvalue weighted by atomic mass is 9.98. The van der Waals surface area contributed by atoms with Crippen molar-refractivity contribution in [3.05, 3.63) is 139 Å². The Kier molecular flexibility index (Phi) is 5.59. The van der Waals surface area contributed by atoms with Gasteiger partial charge in [0.15, 0.2) is 6.54 Å². The van der Waals surface area contributed by atoms with Crippen molar-refractivity contribution in [2.45, 2.75) is 6.54 Å². The van der Waals surface area contributed by atoms with Crippen molar-refractivity contribution in [1.29, 1.82) is 0 Å². The Bertz CT molecular complexity index is 1250. The third-order valence-corrected chi connectivity index (χ3v) is 5.67. The average Bonchev–Trinajstić information content (AvgIpc) is 2.87. The van der Waals surface area contributed by atoms with Crippen molar-refractivity contribution in [2.24, 2.45) is 0 Å². The third kappa shape index (κ3) is 4.21. The van der Waals surface area contributed by atoms with E-state index in [4.69, 9.17) is 0 Å². The zero-order valence-corrected chi connectivity index (χ0v) is 17.7. The molecule has 154 valence electrons. The van der Waals surface area contributed by atoms with Crippen LogP contribution >= 0.6 is 0 Å². The first kappa shape index (κ1) is 19.9. The van der Waals surface area contributed by atoms with Crippen LogP contribution in [0.4, 0.5) is 4.39 Å². The molecule has 1 heterocycles. The number of aromatic nitrogens is 1. The van der Waals surface area contributed by atoms with Gasteiger partial charge in [-0.2, -0.15) is 4.57 Å². The lowest BCUT2D eigenvalue weighted by Gasteiger charge is -2.13. The topological polar surface area (TPSA) is 3.88 Å². The van der Waals surface area contributed by atoms with E-state index in [0.29, 0.717) is 6.54 Å². The van der Waals surface area contributed by atoms with Gasteiger partial charge in [-0.1, -0.05) is 66.7 Å². The van der Waals surface area contributed by atoms with Crippen LogP contribution < -0.4 is 4.57 Å². The molecular weight excluding hydrogens is 393 g/mol. The molecule has 0 spiro atoms. The van der Waals surface area contributed by atoms with Crippen molar-refractivity contribution >= 4 is 0 Å². The molecule has 4 aromatic carbocycles. The molecule has 0 amide bonds. The Morgan fingerprint density at radius 2 is 0.906 bits per heavy atom. The van der Waals surface area contributed by atoms with Crippen molar-refractivity contribution in [3.63, 3.8) is 0 Å². The summed E-state index contributed by atoms with van der Waals surface area (Å²) in [5.41, 5.74) is 7.92. The van der Waals surface area contributed by atoms with Crippen molar-refractivity contribution in [2.75, 3.05) is 0 Å². The standard InChI is InChI=1S/C30H23FN/c31-28-18-16-23(17-19-28)22-32-29(25-12-6-2-7-13-25)20-27(24-10-4-1-5-11-24)21-30(32)26-14-8-3-9-15-26/h1-21H,22H2/q+1. The first-order valence-corrected chi connectivity index (χ1v) is 10.8. The molecule has 0 radical (unpaired) electrons. The SMILES string of the molecule is Fc1ccc(C[n+]2c(-c3ccccc3)cc(-c3ccccc3)cc2-c2ccccc2)cc1. The van der Waals surface area contributed by atoms with Gasteiger partial charge in [0.25, 0.3) is 0 Å². The maximum atomic E-state index is 13.5. The van der Waals surface area contributed by atoms with Gasteiger partial charge in [-0.3, -0.25) is 0 Å². The molecule has 0 atom stereocenters. The highest BCUT2D eigenvalue weighted by Gasteiger charge is 2.23. The fourth-order valence-corrected chi connectivity index (χ4v) is 4.06. The van der Waals surface area contributed by atoms with E-state index in [2.05, 4.69) is 89.5 Å². The van der Waals surface area contributed by atoms with E-state index >= 15 is 0 Å². The van der Waals surface area contributed by atoms with Crippen LogP contribution in [0.2, 0.25) is 0 Å². The quantitative estimate of drug-likeness (QED) is 0.268. The minimum Gasteiger partial charge on any atom is -0.207 e. The zero-order chi connectivity index (χ0) is 21.8. The summed E-state index contributed by atoms with van der Waals surface area (Å²) in [7, 11) is 0. The summed E-state index contributed by atoms with van der Waals surface area (Å²) in [4.78, 5) is 0. The van der Waals surface area contributed by atoms with Crippen LogP contribution in [0.3, 0.4) is 0 Å². The van der Waals surface area contributed by atoms with Gasteiger partial charge in [0.1, 0.15) is 5.82 Å². The molecule has 0 bridgehead atoms. The summed E-state index contributed by atoms with van der Waals surface area (Å²) in [5.74, 6) is -0.218. The van der Waals surface area contributed by atoms with E-state index in [1.807, 2.05) is 30.3 Å². The molecule has 0 saturated heterocycles. The van der Waals surface area contributed by atoms with Crippen LogP contribution in [0.15, 0.2) is 127 Å². The monoisotopic (exact) mass is 416 g/mol. The second-order valence-corrected chi connectivity index (χ2v) is 7.83. The molecule has 0 aliphatic rings. The number of pyridine rings is 1. The predicted octanol–water partition coefficient (Wildman–Crippen LogP) is 7.16. The van der Waals surface area contributed by atoms with Gasteiger partial charge in [0, 0.05) is 28.8 Å². The number of nitrogens with zero attached hydrogens (tertiary/aromatic N) is 1. The summed E-state index contributed by atoms with van der Waals surface area (Å²) in [5, 5.41) is 0. The molecule has 5 rings (SSSR count). The minimum absolute atomic E-state index is 0.218. The lowest BCUT2D eigenvalue weighted by molar-refractivity contribution is -0.666. The van der Waals surface area contributed by atoms with Crippen LogP contribution in [-0.4, -0.2) is 0 Å². The molecule has 1 aromatic heterocycles. The smallest absolute Gasteiger partial charge is 0.207 e. The Hall–Kier alpha value is -4.04. The number of hydrogen-bond donors (Lipinski definition) is 0. The van der Waals surface area contributed by atoms with Gasteiger partial charge in [0.05, 0.1) is 0 Å². The summed E-state index contributed by atoms with van der Waals surface area (Å²) in [6.45, 7) is 0.643. The van der Waals surface area contributed by atoms with Gasteiger partial charge in [-0.25, -0.2) is 4.39 Å². The fourth-order valence-electron chi connectivity index (χ4n) is 4.06. The van der Waals surface area contributed by atoms with E-state index in [1.165, 1.54) is 23.3 Å². The first-order valence-electron chi connectivity index (χ1n) is 10.8. The molecule has 0 aliphatic heterocycles. The normalized spacial score (nSPS) is 10.8. The average molecular weight is 417 g/mol.